The van der Waals surface area contributed by atoms with Crippen LogP contribution in [0.15, 0.2) is 0 Å². The highest BCUT2D eigenvalue weighted by Crippen LogP contribution is 2.33. The highest BCUT2D eigenvalue weighted by molar-refractivity contribution is 7.99. The third kappa shape index (κ3) is 4.54. The monoisotopic (exact) mass is 338 g/mol. The number of hydrogen-bond acceptors (Lipinski definition) is 3. The number of hydrogen-bond donors (Lipinski definition) is 0. The fourth-order valence-electron chi connectivity index (χ4n) is 3.45. The summed E-state index contributed by atoms with van der Waals surface area (Å²) in [4.78, 5) is 15.7. The van der Waals surface area contributed by atoms with Crippen LogP contribution in [-0.2, 0) is 4.79 Å². The first-order valence-electron chi connectivity index (χ1n) is 7.88. The molecule has 128 valence electrons. The minimum atomic E-state index is -4.19. The summed E-state index contributed by atoms with van der Waals surface area (Å²) in [5, 5.41) is 0.646. The minimum absolute atomic E-state index is 0.140. The van der Waals surface area contributed by atoms with Crippen LogP contribution in [0.25, 0.3) is 0 Å². The number of halogens is 3. The predicted molar refractivity (Wildman–Crippen MR) is 82.9 cm³/mol. The van der Waals surface area contributed by atoms with Crippen molar-refractivity contribution >= 4 is 17.7 Å². The zero-order chi connectivity index (χ0) is 16.3. The van der Waals surface area contributed by atoms with E-state index in [0.717, 1.165) is 19.3 Å². The molecule has 1 aliphatic heterocycles. The Morgan fingerprint density at radius 3 is 2.64 bits per heavy atom. The van der Waals surface area contributed by atoms with Crippen LogP contribution in [0.2, 0.25) is 0 Å². The van der Waals surface area contributed by atoms with E-state index in [1.54, 1.807) is 0 Å². The molecule has 0 radical (unpaired) electrons. The Kier molecular flexibility index (Phi) is 6.05. The van der Waals surface area contributed by atoms with Gasteiger partial charge in [-0.3, -0.25) is 9.69 Å². The van der Waals surface area contributed by atoms with Crippen molar-refractivity contribution in [1.29, 1.82) is 0 Å². The van der Waals surface area contributed by atoms with Crippen molar-refractivity contribution in [3.63, 3.8) is 0 Å². The van der Waals surface area contributed by atoms with Gasteiger partial charge in [-0.05, 0) is 45.4 Å². The van der Waals surface area contributed by atoms with E-state index in [1.807, 2.05) is 23.7 Å². The van der Waals surface area contributed by atoms with Gasteiger partial charge in [0.25, 0.3) is 0 Å². The van der Waals surface area contributed by atoms with E-state index in [4.69, 9.17) is 0 Å². The number of piperidine rings is 1. The van der Waals surface area contributed by atoms with Crippen LogP contribution in [0.3, 0.4) is 0 Å². The molecule has 1 heterocycles. The molecular weight excluding hydrogens is 313 g/mol. The number of rotatable bonds is 4. The molecule has 3 nitrogen and oxygen atoms in total. The van der Waals surface area contributed by atoms with Gasteiger partial charge in [0.1, 0.15) is 0 Å². The smallest absolute Gasteiger partial charge is 0.341 e. The number of carbonyl (C=O) groups excluding carboxylic acids is 1. The zero-order valence-electron chi connectivity index (χ0n) is 13.2. The second-order valence-corrected chi connectivity index (χ2v) is 7.60. The second-order valence-electron chi connectivity index (χ2n) is 6.46. The molecule has 0 aromatic rings. The first-order chi connectivity index (χ1) is 10.3. The predicted octanol–water partition coefficient (Wildman–Crippen LogP) is 3.00. The third-order valence-corrected chi connectivity index (χ3v) is 6.03. The van der Waals surface area contributed by atoms with Crippen LogP contribution < -0.4 is 0 Å². The summed E-state index contributed by atoms with van der Waals surface area (Å²) < 4.78 is 38.5. The largest absolute Gasteiger partial charge is 0.393 e. The Labute approximate surface area is 134 Å². The average Bonchev–Trinajstić information content (AvgIpc) is 2.95. The van der Waals surface area contributed by atoms with Crippen LogP contribution in [-0.4, -0.2) is 66.1 Å². The van der Waals surface area contributed by atoms with Crippen LogP contribution in [0.5, 0.6) is 0 Å². The lowest BCUT2D eigenvalue weighted by Gasteiger charge is -2.35. The summed E-state index contributed by atoms with van der Waals surface area (Å²) in [6.45, 7) is 0.516. The lowest BCUT2D eigenvalue weighted by atomic mass is 9.97. The fraction of sp³-hybridized carbons (Fsp3) is 0.933. The van der Waals surface area contributed by atoms with Crippen LogP contribution in [0, 0.1) is 5.92 Å². The van der Waals surface area contributed by atoms with E-state index in [-0.39, 0.29) is 25.4 Å². The first kappa shape index (κ1) is 17.9. The number of nitrogens with zero attached hydrogens (tertiary/aromatic N) is 2. The Bertz CT molecular complexity index is 391. The topological polar surface area (TPSA) is 23.6 Å². The van der Waals surface area contributed by atoms with Gasteiger partial charge in [0.05, 0.1) is 12.5 Å². The van der Waals surface area contributed by atoms with Crippen LogP contribution in [0.4, 0.5) is 13.2 Å². The number of thioether (sulfide) groups is 1. The van der Waals surface area contributed by atoms with E-state index >= 15 is 0 Å². The molecule has 0 bridgehead atoms. The van der Waals surface area contributed by atoms with Crippen molar-refractivity contribution in [2.24, 2.45) is 5.92 Å². The molecule has 1 amide bonds. The van der Waals surface area contributed by atoms with Crippen molar-refractivity contribution in [3.8, 4) is 0 Å². The molecule has 2 aliphatic rings. The van der Waals surface area contributed by atoms with Crippen LogP contribution >= 0.6 is 11.8 Å². The Morgan fingerprint density at radius 2 is 2.05 bits per heavy atom. The van der Waals surface area contributed by atoms with Gasteiger partial charge in [0.15, 0.2) is 0 Å². The number of likely N-dealkylation sites (N-methyl/N-ethyl adjacent to an activating group) is 1. The lowest BCUT2D eigenvalue weighted by molar-refractivity contribution is -0.188. The van der Waals surface area contributed by atoms with Gasteiger partial charge in [-0.2, -0.15) is 24.9 Å². The molecule has 0 spiro atoms. The standard InChI is InChI=1S/C15H25F3N2OS/c1-19(12-5-6-13(8-12)22-2)10-14(21)20-7-3-4-11(9-20)15(16,17)18/h11-13H,3-10H2,1-2H3/t11-,12+,13+/m0/s1. The van der Waals surface area contributed by atoms with Gasteiger partial charge < -0.3 is 4.90 Å². The van der Waals surface area contributed by atoms with Crippen molar-refractivity contribution in [2.75, 3.05) is 32.9 Å². The maximum Gasteiger partial charge on any atom is 0.393 e. The normalized spacial score (nSPS) is 30.1. The SMILES string of the molecule is CS[C@@H]1CC[C@@H](N(C)CC(=O)N2CCC[C@H](C(F)(F)F)C2)C1. The van der Waals surface area contributed by atoms with E-state index in [1.165, 1.54) is 4.90 Å². The molecule has 0 N–H and O–H groups in total. The third-order valence-electron chi connectivity index (χ3n) is 4.94. The number of carbonyl (C=O) groups is 1. The highest BCUT2D eigenvalue weighted by Gasteiger charge is 2.42. The maximum absolute atomic E-state index is 12.8. The molecule has 1 aliphatic carbocycles. The van der Waals surface area contributed by atoms with E-state index in [9.17, 15) is 18.0 Å². The number of amides is 1. The molecule has 0 aromatic carbocycles. The van der Waals surface area contributed by atoms with Crippen LogP contribution in [0.1, 0.15) is 32.1 Å². The van der Waals surface area contributed by atoms with E-state index in [0.29, 0.717) is 24.3 Å². The molecule has 0 aromatic heterocycles. The van der Waals surface area contributed by atoms with Gasteiger partial charge >= 0.3 is 6.18 Å². The Hall–Kier alpha value is -0.430. The molecule has 2 fully saturated rings. The summed E-state index contributed by atoms with van der Waals surface area (Å²) >= 11 is 1.86. The van der Waals surface area contributed by atoms with Crippen molar-refractivity contribution in [1.82, 2.24) is 9.80 Å². The van der Waals surface area contributed by atoms with Gasteiger partial charge in [-0.1, -0.05) is 0 Å². The lowest BCUT2D eigenvalue weighted by Crippen LogP contribution is -2.48. The van der Waals surface area contributed by atoms with Gasteiger partial charge in [0, 0.05) is 24.4 Å². The fourth-order valence-corrected chi connectivity index (χ4v) is 4.23. The Balaban J connectivity index is 1.84. The molecule has 1 saturated carbocycles. The Morgan fingerprint density at radius 1 is 1.32 bits per heavy atom. The highest BCUT2D eigenvalue weighted by atomic mass is 32.2. The first-order valence-corrected chi connectivity index (χ1v) is 9.17. The summed E-state index contributed by atoms with van der Waals surface area (Å²) in [7, 11) is 1.91. The summed E-state index contributed by atoms with van der Waals surface area (Å²) in [6, 6.07) is 0.379. The zero-order valence-corrected chi connectivity index (χ0v) is 14.1. The minimum Gasteiger partial charge on any atom is -0.341 e. The van der Waals surface area contributed by atoms with Crippen molar-refractivity contribution in [3.05, 3.63) is 0 Å². The molecule has 7 heteroatoms. The molecule has 1 saturated heterocycles. The number of likely N-dealkylation sites (tertiary alicyclic amines) is 1. The molecule has 3 atom stereocenters. The van der Waals surface area contributed by atoms with E-state index < -0.39 is 12.1 Å². The van der Waals surface area contributed by atoms with Gasteiger partial charge in [-0.15, -0.1) is 0 Å². The second kappa shape index (κ2) is 7.43. The molecular formula is C15H25F3N2OS. The summed E-state index contributed by atoms with van der Waals surface area (Å²) in [5.74, 6) is -1.52. The van der Waals surface area contributed by atoms with Gasteiger partial charge in [0.2, 0.25) is 5.91 Å². The summed E-state index contributed by atoms with van der Waals surface area (Å²) in [5.41, 5.74) is 0. The average molecular weight is 338 g/mol. The number of alkyl halides is 3. The molecule has 2 rings (SSSR count). The van der Waals surface area contributed by atoms with E-state index in [2.05, 4.69) is 6.26 Å². The van der Waals surface area contributed by atoms with Gasteiger partial charge in [-0.25, -0.2) is 0 Å². The van der Waals surface area contributed by atoms with Crippen molar-refractivity contribution in [2.45, 2.75) is 49.6 Å². The van der Waals surface area contributed by atoms with Crippen molar-refractivity contribution < 1.29 is 18.0 Å². The molecule has 22 heavy (non-hydrogen) atoms. The quantitative estimate of drug-likeness (QED) is 0.787. The summed E-state index contributed by atoms with van der Waals surface area (Å²) in [6.07, 6.45) is 1.78. The molecule has 0 unspecified atom stereocenters. The maximum atomic E-state index is 12.8.